The van der Waals surface area contributed by atoms with Crippen LogP contribution in [-0.4, -0.2) is 9.97 Å². The first-order chi connectivity index (χ1) is 30.7. The second-order valence-electron chi connectivity index (χ2n) is 16.4. The molecule has 9 aromatic rings. The van der Waals surface area contributed by atoms with Crippen LogP contribution in [0.1, 0.15) is 45.7 Å². The molecule has 8 aromatic carbocycles. The van der Waals surface area contributed by atoms with Gasteiger partial charge in [0.05, 0.1) is 16.8 Å². The maximum atomic E-state index is 6.55. The summed E-state index contributed by atoms with van der Waals surface area (Å²) in [6.07, 6.45) is 8.03. The first-order valence-electron chi connectivity index (χ1n) is 21.4. The van der Waals surface area contributed by atoms with Gasteiger partial charge in [-0.3, -0.25) is 0 Å². The van der Waals surface area contributed by atoms with Gasteiger partial charge in [0.15, 0.2) is 5.82 Å². The molecule has 0 radical (unpaired) electrons. The summed E-state index contributed by atoms with van der Waals surface area (Å²) in [7, 11) is 0. The number of ether oxygens (including phenoxy) is 1. The summed E-state index contributed by atoms with van der Waals surface area (Å²) in [6.45, 7) is 0. The average molecular weight is 793 g/mol. The fourth-order valence-electron chi connectivity index (χ4n) is 10.0. The lowest BCUT2D eigenvalue weighted by Gasteiger charge is -2.39. The molecule has 3 nitrogen and oxygen atoms in total. The number of allylic oxidation sites excluding steroid dienone is 4. The molecule has 2 heterocycles. The SMILES string of the molecule is C1=CC(c2cccc(-c3cccc(-c4nc(-c5ccccc5)cc(-c5ccccc5)n4)c3)c2)=CC(c2ccc3c(c2)-c2ccccc2C32c3ccccc3Oc3ccccc32)C1. The lowest BCUT2D eigenvalue weighted by Crippen LogP contribution is -2.32. The van der Waals surface area contributed by atoms with Crippen molar-refractivity contribution < 1.29 is 4.74 Å². The molecular formula is C59H40N2O. The van der Waals surface area contributed by atoms with E-state index >= 15 is 0 Å². The van der Waals surface area contributed by atoms with Crippen LogP contribution in [-0.2, 0) is 5.41 Å². The number of hydrogen-bond donors (Lipinski definition) is 0. The van der Waals surface area contributed by atoms with E-state index < -0.39 is 5.41 Å². The molecule has 1 aromatic heterocycles. The number of rotatable bonds is 6. The zero-order chi connectivity index (χ0) is 41.0. The summed E-state index contributed by atoms with van der Waals surface area (Å²) in [6, 6.07) is 73.6. The third-order valence-corrected chi connectivity index (χ3v) is 12.9. The fraction of sp³-hybridized carbons (Fsp3) is 0.0508. The Bertz CT molecular complexity index is 3150. The number of nitrogens with zero attached hydrogens (tertiary/aromatic N) is 2. The molecule has 12 rings (SSSR count). The van der Waals surface area contributed by atoms with E-state index in [4.69, 9.17) is 14.7 Å². The van der Waals surface area contributed by atoms with E-state index in [1.165, 1.54) is 50.1 Å². The van der Waals surface area contributed by atoms with Crippen LogP contribution >= 0.6 is 0 Å². The summed E-state index contributed by atoms with van der Waals surface area (Å²) >= 11 is 0. The molecule has 0 amide bonds. The molecule has 0 saturated heterocycles. The highest BCUT2D eigenvalue weighted by atomic mass is 16.5. The molecule has 0 saturated carbocycles. The fourth-order valence-corrected chi connectivity index (χ4v) is 10.0. The van der Waals surface area contributed by atoms with Crippen molar-refractivity contribution in [1.29, 1.82) is 0 Å². The van der Waals surface area contributed by atoms with E-state index in [0.717, 1.165) is 57.1 Å². The molecule has 1 unspecified atom stereocenters. The third-order valence-electron chi connectivity index (χ3n) is 12.9. The highest BCUT2D eigenvalue weighted by molar-refractivity contribution is 5.89. The predicted molar refractivity (Wildman–Crippen MR) is 252 cm³/mol. The van der Waals surface area contributed by atoms with Crippen molar-refractivity contribution >= 4 is 5.57 Å². The van der Waals surface area contributed by atoms with Gasteiger partial charge in [0, 0.05) is 33.7 Å². The van der Waals surface area contributed by atoms with E-state index in [9.17, 15) is 0 Å². The molecule has 0 bridgehead atoms. The Morgan fingerprint density at radius 1 is 0.419 bits per heavy atom. The van der Waals surface area contributed by atoms with E-state index in [1.54, 1.807) is 0 Å². The Labute approximate surface area is 362 Å². The van der Waals surface area contributed by atoms with Crippen molar-refractivity contribution in [1.82, 2.24) is 9.97 Å². The topological polar surface area (TPSA) is 35.0 Å². The van der Waals surface area contributed by atoms with Gasteiger partial charge in [-0.2, -0.15) is 0 Å². The van der Waals surface area contributed by atoms with E-state index in [2.05, 4.69) is 212 Å². The second kappa shape index (κ2) is 14.7. The zero-order valence-electron chi connectivity index (χ0n) is 33.9. The average Bonchev–Trinajstić information content (AvgIpc) is 3.64. The van der Waals surface area contributed by atoms with Gasteiger partial charge in [-0.15, -0.1) is 0 Å². The standard InChI is InChI=1S/C59H40N2O/c1-3-16-39(17-4-1)54-38-55(40-18-5-2-6-19-40)61-58(60-54)47-25-15-24-45(36-47)43-22-13-20-41(34-43)42-21-14-23-44(35-42)46-32-33-51-49(37-46)48-26-7-8-27-50(48)59(51)52-28-9-11-30-56(52)62-57-31-12-10-29-53(57)59/h1-22,24-38,44H,23H2. The zero-order valence-corrected chi connectivity index (χ0v) is 33.9. The molecule has 292 valence electrons. The molecule has 62 heavy (non-hydrogen) atoms. The number of hydrogen-bond acceptors (Lipinski definition) is 3. The van der Waals surface area contributed by atoms with Gasteiger partial charge in [-0.1, -0.05) is 194 Å². The van der Waals surface area contributed by atoms with Crippen LogP contribution in [0.25, 0.3) is 61.7 Å². The van der Waals surface area contributed by atoms with Gasteiger partial charge in [0.25, 0.3) is 0 Å². The third kappa shape index (κ3) is 5.89. The van der Waals surface area contributed by atoms with Gasteiger partial charge in [-0.05, 0) is 86.8 Å². The first-order valence-corrected chi connectivity index (χ1v) is 21.4. The van der Waals surface area contributed by atoms with Crippen LogP contribution in [0.2, 0.25) is 0 Å². The van der Waals surface area contributed by atoms with Crippen molar-refractivity contribution in [2.24, 2.45) is 0 Å². The lowest BCUT2D eigenvalue weighted by molar-refractivity contribution is 0.436. The monoisotopic (exact) mass is 792 g/mol. The van der Waals surface area contributed by atoms with E-state index in [0.29, 0.717) is 5.82 Å². The van der Waals surface area contributed by atoms with Crippen LogP contribution in [0.4, 0.5) is 0 Å². The van der Waals surface area contributed by atoms with E-state index in [1.807, 2.05) is 12.1 Å². The highest BCUT2D eigenvalue weighted by Gasteiger charge is 2.51. The van der Waals surface area contributed by atoms with Crippen molar-refractivity contribution in [3.8, 4) is 67.7 Å². The first kappa shape index (κ1) is 36.0. The number of benzene rings is 8. The summed E-state index contributed by atoms with van der Waals surface area (Å²) in [4.78, 5) is 10.2. The number of fused-ring (bicyclic) bond motifs is 9. The number of aromatic nitrogens is 2. The molecule has 1 atom stereocenters. The highest BCUT2D eigenvalue weighted by Crippen LogP contribution is 2.62. The van der Waals surface area contributed by atoms with Crippen LogP contribution in [0.3, 0.4) is 0 Å². The molecule has 0 fully saturated rings. The van der Waals surface area contributed by atoms with Crippen LogP contribution in [0.5, 0.6) is 11.5 Å². The summed E-state index contributed by atoms with van der Waals surface area (Å²) in [5.74, 6) is 2.77. The second-order valence-corrected chi connectivity index (χ2v) is 16.4. The summed E-state index contributed by atoms with van der Waals surface area (Å²) in [5.41, 5.74) is 18.1. The minimum atomic E-state index is -0.456. The van der Waals surface area contributed by atoms with Crippen LogP contribution < -0.4 is 4.74 Å². The molecule has 1 aliphatic heterocycles. The molecule has 3 heteroatoms. The maximum Gasteiger partial charge on any atom is 0.160 e. The summed E-state index contributed by atoms with van der Waals surface area (Å²) < 4.78 is 6.55. The maximum absolute atomic E-state index is 6.55. The largest absolute Gasteiger partial charge is 0.457 e. The Kier molecular flexibility index (Phi) is 8.53. The molecule has 1 spiro atoms. The molecule has 3 aliphatic rings. The smallest absolute Gasteiger partial charge is 0.160 e. The lowest BCUT2D eigenvalue weighted by atomic mass is 9.66. The van der Waals surface area contributed by atoms with Gasteiger partial charge in [0.2, 0.25) is 0 Å². The molecular weight excluding hydrogens is 753 g/mol. The molecule has 0 N–H and O–H groups in total. The van der Waals surface area contributed by atoms with Gasteiger partial charge < -0.3 is 4.74 Å². The summed E-state index contributed by atoms with van der Waals surface area (Å²) in [5, 5.41) is 0. The minimum absolute atomic E-state index is 0.234. The Morgan fingerprint density at radius 2 is 0.952 bits per heavy atom. The minimum Gasteiger partial charge on any atom is -0.457 e. The molecule has 2 aliphatic carbocycles. The van der Waals surface area contributed by atoms with Gasteiger partial charge >= 0.3 is 0 Å². The predicted octanol–water partition coefficient (Wildman–Crippen LogP) is 14.7. The quantitative estimate of drug-likeness (QED) is 0.168. The van der Waals surface area contributed by atoms with Crippen molar-refractivity contribution in [2.45, 2.75) is 17.8 Å². The van der Waals surface area contributed by atoms with Crippen molar-refractivity contribution in [3.05, 3.63) is 258 Å². The van der Waals surface area contributed by atoms with Gasteiger partial charge in [0.1, 0.15) is 11.5 Å². The Hall–Kier alpha value is -7.88. The Balaban J connectivity index is 0.898. The van der Waals surface area contributed by atoms with Gasteiger partial charge in [-0.25, -0.2) is 9.97 Å². The van der Waals surface area contributed by atoms with Crippen molar-refractivity contribution in [3.63, 3.8) is 0 Å². The van der Waals surface area contributed by atoms with E-state index in [-0.39, 0.29) is 5.92 Å². The van der Waals surface area contributed by atoms with Crippen LogP contribution in [0.15, 0.2) is 224 Å². The number of para-hydroxylation sites is 2. The van der Waals surface area contributed by atoms with Crippen molar-refractivity contribution in [2.75, 3.05) is 0 Å². The van der Waals surface area contributed by atoms with Crippen LogP contribution in [0, 0.1) is 0 Å². The Morgan fingerprint density at radius 3 is 1.63 bits per heavy atom. The normalized spacial score (nSPS) is 15.2.